The van der Waals surface area contributed by atoms with Crippen molar-refractivity contribution in [1.82, 2.24) is 0 Å². The van der Waals surface area contributed by atoms with Gasteiger partial charge in [0.05, 0.1) is 26.7 Å². The molecule has 0 unspecified atom stereocenters. The van der Waals surface area contributed by atoms with Crippen molar-refractivity contribution in [3.63, 3.8) is 0 Å². The second kappa shape index (κ2) is 6.92. The van der Waals surface area contributed by atoms with Crippen LogP contribution in [0, 0.1) is 34.1 Å². The van der Waals surface area contributed by atoms with Crippen molar-refractivity contribution in [2.75, 3.05) is 0 Å². The van der Waals surface area contributed by atoms with Crippen LogP contribution in [0.2, 0.25) is 0 Å². The van der Waals surface area contributed by atoms with E-state index in [1.54, 1.807) is 38.1 Å². The number of nitrogens with zero attached hydrogens (tertiary/aromatic N) is 4. The average Bonchev–Trinajstić information content (AvgIpc) is 3.02. The van der Waals surface area contributed by atoms with Crippen LogP contribution in [-0.4, -0.2) is 15.0 Å². The Morgan fingerprint density at radius 1 is 0.900 bits per heavy atom. The maximum Gasteiger partial charge on any atom is 0.303 e. The van der Waals surface area contributed by atoms with Gasteiger partial charge in [0.1, 0.15) is 23.0 Å². The first kappa shape index (κ1) is 19.0. The molecule has 0 aliphatic rings. The minimum absolute atomic E-state index is 0.0511. The second-order valence-electron chi connectivity index (χ2n) is 6.59. The van der Waals surface area contributed by atoms with Crippen LogP contribution < -0.4 is 0 Å². The Bertz CT molecular complexity index is 1390. The number of nitro benzene ring substituents is 2. The van der Waals surface area contributed by atoms with E-state index < -0.39 is 21.2 Å². The summed E-state index contributed by atoms with van der Waals surface area (Å²) in [5, 5.41) is 43.4. The Hall–Kier alpha value is -4.34. The van der Waals surface area contributed by atoms with Gasteiger partial charge in [0.15, 0.2) is 5.69 Å². The van der Waals surface area contributed by atoms with E-state index in [2.05, 4.69) is 10.2 Å². The van der Waals surface area contributed by atoms with Crippen LogP contribution in [0.5, 0.6) is 5.75 Å². The number of benzene rings is 3. The molecule has 30 heavy (non-hydrogen) atoms. The average molecular weight is 406 g/mol. The quantitative estimate of drug-likeness (QED) is 0.245. The highest BCUT2D eigenvalue weighted by Crippen LogP contribution is 2.46. The summed E-state index contributed by atoms with van der Waals surface area (Å²) in [5.74, 6) is 1.06. The molecule has 0 saturated carbocycles. The van der Waals surface area contributed by atoms with Gasteiger partial charge in [0.2, 0.25) is 0 Å². The molecule has 1 N–H and O–H groups in total. The van der Waals surface area contributed by atoms with Gasteiger partial charge in [-0.3, -0.25) is 20.2 Å². The van der Waals surface area contributed by atoms with Crippen molar-refractivity contribution >= 4 is 44.3 Å². The minimum atomic E-state index is -0.751. The molecule has 1 aromatic heterocycles. The van der Waals surface area contributed by atoms with E-state index in [-0.39, 0.29) is 11.4 Å². The number of nitro groups is 2. The van der Waals surface area contributed by atoms with Crippen molar-refractivity contribution in [3.8, 4) is 5.75 Å². The van der Waals surface area contributed by atoms with Gasteiger partial charge in [0.25, 0.3) is 5.69 Å². The summed E-state index contributed by atoms with van der Waals surface area (Å²) in [7, 11) is 0. The fraction of sp³-hybridized carbons (Fsp3) is 0.100. The smallest absolute Gasteiger partial charge is 0.303 e. The topological polar surface area (TPSA) is 144 Å². The number of aryl methyl sites for hydroxylation is 2. The summed E-state index contributed by atoms with van der Waals surface area (Å²) >= 11 is 0. The molecule has 4 aromatic rings. The van der Waals surface area contributed by atoms with Gasteiger partial charge in [-0.25, -0.2) is 0 Å². The molecule has 0 radical (unpaired) electrons. The summed E-state index contributed by atoms with van der Waals surface area (Å²) in [4.78, 5) is 20.8. The summed E-state index contributed by atoms with van der Waals surface area (Å²) in [6.45, 7) is 3.43. The lowest BCUT2D eigenvalue weighted by atomic mass is 10.0. The number of fused-ring (bicyclic) bond motifs is 2. The van der Waals surface area contributed by atoms with Crippen LogP contribution in [0.15, 0.2) is 57.1 Å². The van der Waals surface area contributed by atoms with Gasteiger partial charge >= 0.3 is 5.69 Å². The first-order valence-electron chi connectivity index (χ1n) is 8.77. The number of rotatable bonds is 4. The van der Waals surface area contributed by atoms with Gasteiger partial charge in [0, 0.05) is 16.8 Å². The normalized spacial score (nSPS) is 11.5. The van der Waals surface area contributed by atoms with Crippen LogP contribution in [0.4, 0.5) is 22.7 Å². The number of phenols is 1. The largest absolute Gasteiger partial charge is 0.507 e. The van der Waals surface area contributed by atoms with Crippen LogP contribution >= 0.6 is 0 Å². The summed E-state index contributed by atoms with van der Waals surface area (Å²) < 4.78 is 5.67. The van der Waals surface area contributed by atoms with Crippen molar-refractivity contribution in [3.05, 3.63) is 74.2 Å². The van der Waals surface area contributed by atoms with E-state index in [0.717, 1.165) is 12.1 Å². The van der Waals surface area contributed by atoms with E-state index in [9.17, 15) is 25.3 Å². The molecule has 0 amide bonds. The molecule has 4 rings (SSSR count). The zero-order valence-corrected chi connectivity index (χ0v) is 15.8. The third kappa shape index (κ3) is 2.91. The highest BCUT2D eigenvalue weighted by atomic mass is 16.6. The maximum absolute atomic E-state index is 11.4. The van der Waals surface area contributed by atoms with Crippen molar-refractivity contribution in [2.24, 2.45) is 10.2 Å². The zero-order valence-electron chi connectivity index (χ0n) is 15.8. The number of hydrogen-bond donors (Lipinski definition) is 1. The lowest BCUT2D eigenvalue weighted by Crippen LogP contribution is -1.92. The van der Waals surface area contributed by atoms with Gasteiger partial charge < -0.3 is 9.52 Å². The monoisotopic (exact) mass is 406 g/mol. The molecule has 1 heterocycles. The van der Waals surface area contributed by atoms with Crippen molar-refractivity contribution in [1.29, 1.82) is 0 Å². The molecule has 10 heteroatoms. The Labute approximate surface area is 168 Å². The molecular weight excluding hydrogens is 392 g/mol. The Balaban J connectivity index is 1.99. The predicted octanol–water partition coefficient (Wildman–Crippen LogP) is 6.14. The first-order chi connectivity index (χ1) is 14.3. The third-order valence-corrected chi connectivity index (χ3v) is 4.80. The molecule has 0 aliphatic heterocycles. The number of non-ortho nitro benzene ring substituents is 1. The number of aromatic hydroxyl groups is 1. The number of hydrogen-bond acceptors (Lipinski definition) is 8. The van der Waals surface area contributed by atoms with E-state index in [4.69, 9.17) is 4.42 Å². The highest BCUT2D eigenvalue weighted by molar-refractivity contribution is 6.15. The molecule has 0 aliphatic carbocycles. The zero-order chi connectivity index (χ0) is 21.6. The lowest BCUT2D eigenvalue weighted by molar-refractivity contribution is -0.393. The Morgan fingerprint density at radius 3 is 2.23 bits per heavy atom. The van der Waals surface area contributed by atoms with Crippen LogP contribution in [-0.2, 0) is 0 Å². The maximum atomic E-state index is 11.4. The van der Waals surface area contributed by atoms with Gasteiger partial charge in [-0.05, 0) is 19.9 Å². The summed E-state index contributed by atoms with van der Waals surface area (Å²) in [6, 6.07) is 10.1. The highest BCUT2D eigenvalue weighted by Gasteiger charge is 2.22. The summed E-state index contributed by atoms with van der Waals surface area (Å²) in [6.07, 6.45) is 0. The molecule has 0 bridgehead atoms. The van der Waals surface area contributed by atoms with E-state index in [1.165, 1.54) is 6.07 Å². The molecule has 150 valence electrons. The number of phenolic OH excluding ortho intramolecular Hbond substituents is 1. The van der Waals surface area contributed by atoms with Crippen LogP contribution in [0.3, 0.4) is 0 Å². The van der Waals surface area contributed by atoms with Crippen LogP contribution in [0.25, 0.3) is 21.5 Å². The first-order valence-corrected chi connectivity index (χ1v) is 8.77. The van der Waals surface area contributed by atoms with E-state index in [1.807, 2.05) is 0 Å². The second-order valence-corrected chi connectivity index (χ2v) is 6.59. The molecule has 0 atom stereocenters. The predicted molar refractivity (Wildman–Crippen MR) is 109 cm³/mol. The standard InChI is InChI=1S/C20H14N4O6/c1-10-17-18(11(2)30-10)20(25)14-6-4-3-5-13(14)19(17)22-21-15-8-7-12(23(26)27)9-16(15)24(28)29/h3-9,25H,1-2H3. The fourth-order valence-corrected chi connectivity index (χ4v) is 3.48. The van der Waals surface area contributed by atoms with Gasteiger partial charge in [-0.15, -0.1) is 10.2 Å². The molecule has 3 aromatic carbocycles. The molecule has 0 saturated heterocycles. The van der Waals surface area contributed by atoms with Crippen molar-refractivity contribution < 1.29 is 19.4 Å². The summed E-state index contributed by atoms with van der Waals surface area (Å²) in [5.41, 5.74) is -0.707. The van der Waals surface area contributed by atoms with Gasteiger partial charge in [-0.1, -0.05) is 24.3 Å². The van der Waals surface area contributed by atoms with E-state index >= 15 is 0 Å². The third-order valence-electron chi connectivity index (χ3n) is 4.80. The Kier molecular flexibility index (Phi) is 4.38. The molecule has 0 fully saturated rings. The number of furan rings is 1. The molecular formula is C20H14N4O6. The van der Waals surface area contributed by atoms with Crippen LogP contribution in [0.1, 0.15) is 11.5 Å². The van der Waals surface area contributed by atoms with Crippen molar-refractivity contribution in [2.45, 2.75) is 13.8 Å². The van der Waals surface area contributed by atoms with Gasteiger partial charge in [-0.2, -0.15) is 0 Å². The molecule has 0 spiro atoms. The molecule has 10 nitrogen and oxygen atoms in total. The minimum Gasteiger partial charge on any atom is -0.507 e. The number of azo groups is 1. The fourth-order valence-electron chi connectivity index (χ4n) is 3.48. The lowest BCUT2D eigenvalue weighted by Gasteiger charge is -2.07. The SMILES string of the molecule is Cc1oc(C)c2c(N=Nc3ccc([N+](=O)[O-])cc3[N+](=O)[O-])c3ccccc3c(O)c12. The van der Waals surface area contributed by atoms with E-state index in [0.29, 0.717) is 38.8 Å². The Morgan fingerprint density at radius 2 is 1.57 bits per heavy atom.